The summed E-state index contributed by atoms with van der Waals surface area (Å²) in [6, 6.07) is 27.4. The van der Waals surface area contributed by atoms with Crippen molar-refractivity contribution >= 4 is 11.8 Å². The van der Waals surface area contributed by atoms with Crippen LogP contribution >= 0.6 is 0 Å². The first kappa shape index (κ1) is 22.9. The molecular formula is C30H28N2O3. The summed E-state index contributed by atoms with van der Waals surface area (Å²) in [5.74, 6) is 6.28. The lowest BCUT2D eigenvalue weighted by Gasteiger charge is -2.58. The van der Waals surface area contributed by atoms with E-state index in [0.717, 1.165) is 16.7 Å². The smallest absolute Gasteiger partial charge is 0.242 e. The van der Waals surface area contributed by atoms with Crippen molar-refractivity contribution in [3.8, 4) is 11.8 Å². The Morgan fingerprint density at radius 2 is 1.57 bits per heavy atom. The van der Waals surface area contributed by atoms with E-state index in [2.05, 4.69) is 24.0 Å². The van der Waals surface area contributed by atoms with Gasteiger partial charge < -0.3 is 14.9 Å². The third kappa shape index (κ3) is 4.84. The maximum atomic E-state index is 12.9. The van der Waals surface area contributed by atoms with Crippen LogP contribution in [0.4, 0.5) is 0 Å². The zero-order valence-electron chi connectivity index (χ0n) is 19.5. The summed E-state index contributed by atoms with van der Waals surface area (Å²) < 4.78 is 0. The minimum atomic E-state index is -0.256. The molecular weight excluding hydrogens is 436 g/mol. The van der Waals surface area contributed by atoms with Crippen molar-refractivity contribution in [3.63, 3.8) is 0 Å². The summed E-state index contributed by atoms with van der Waals surface area (Å²) in [6.45, 7) is 0.460. The molecule has 2 aliphatic heterocycles. The monoisotopic (exact) mass is 464 g/mol. The molecule has 3 aromatic carbocycles. The van der Waals surface area contributed by atoms with Gasteiger partial charge in [-0.2, -0.15) is 0 Å². The molecule has 0 aromatic heterocycles. The summed E-state index contributed by atoms with van der Waals surface area (Å²) in [7, 11) is 0. The number of carbonyl (C=O) groups excluding carboxylic acids is 2. The Kier molecular flexibility index (Phi) is 6.65. The van der Waals surface area contributed by atoms with Gasteiger partial charge in [0.05, 0.1) is 31.7 Å². The van der Waals surface area contributed by atoms with Crippen LogP contribution in [0.25, 0.3) is 0 Å². The van der Waals surface area contributed by atoms with Crippen molar-refractivity contribution in [2.45, 2.75) is 30.8 Å². The van der Waals surface area contributed by atoms with E-state index < -0.39 is 0 Å². The van der Waals surface area contributed by atoms with Gasteiger partial charge in [-0.05, 0) is 28.8 Å². The number of aliphatic hydroxyl groups is 1. The van der Waals surface area contributed by atoms with Gasteiger partial charge in [0.2, 0.25) is 11.8 Å². The number of rotatable bonds is 5. The number of carbonyl (C=O) groups is 2. The van der Waals surface area contributed by atoms with Gasteiger partial charge in [-0.25, -0.2) is 0 Å². The number of hydrogen-bond acceptors (Lipinski definition) is 3. The van der Waals surface area contributed by atoms with Crippen LogP contribution in [0.15, 0.2) is 84.9 Å². The van der Waals surface area contributed by atoms with Gasteiger partial charge in [0.25, 0.3) is 0 Å². The molecule has 176 valence electrons. The highest BCUT2D eigenvalue weighted by molar-refractivity contribution is 5.88. The molecule has 0 saturated carbocycles. The molecule has 2 amide bonds. The summed E-state index contributed by atoms with van der Waals surface area (Å²) in [6.07, 6.45) is 0.981. The Balaban J connectivity index is 1.28. The number of nitrogens with zero attached hydrogens (tertiary/aromatic N) is 2. The standard InChI is InChI=1S/C30H28N2O3/c33-21-27-30(25-16-14-23(15-17-25)13-7-12-22-8-3-1-4-9-22)26-19-31(20-29(35)32(26)27)28(34)18-24-10-5-2-6-11-24/h1-6,8-11,14-17,26-27,30,33H,12,18-21H2/t26-,27-,30+/m0/s1. The Labute approximate surface area is 206 Å². The molecule has 5 nitrogen and oxygen atoms in total. The maximum Gasteiger partial charge on any atom is 0.242 e. The second kappa shape index (κ2) is 10.2. The number of fused-ring (bicyclic) bond motifs is 1. The zero-order chi connectivity index (χ0) is 24.2. The molecule has 2 saturated heterocycles. The number of amides is 2. The third-order valence-corrected chi connectivity index (χ3v) is 6.97. The molecule has 0 aliphatic carbocycles. The van der Waals surface area contributed by atoms with Crippen molar-refractivity contribution in [1.82, 2.24) is 9.80 Å². The normalized spacial score (nSPS) is 20.9. The Hall–Kier alpha value is -3.88. The molecule has 0 bridgehead atoms. The Morgan fingerprint density at radius 1 is 0.914 bits per heavy atom. The largest absolute Gasteiger partial charge is 0.394 e. The lowest BCUT2D eigenvalue weighted by molar-refractivity contribution is -0.166. The van der Waals surface area contributed by atoms with E-state index in [0.29, 0.717) is 13.0 Å². The highest BCUT2D eigenvalue weighted by atomic mass is 16.3. The minimum absolute atomic E-state index is 0.0115. The predicted molar refractivity (Wildman–Crippen MR) is 134 cm³/mol. The number of hydrogen-bond donors (Lipinski definition) is 1. The summed E-state index contributed by atoms with van der Waals surface area (Å²) >= 11 is 0. The van der Waals surface area contributed by atoms with E-state index in [9.17, 15) is 14.7 Å². The molecule has 1 N–H and O–H groups in total. The fraction of sp³-hybridized carbons (Fsp3) is 0.267. The van der Waals surface area contributed by atoms with Gasteiger partial charge in [0.15, 0.2) is 0 Å². The highest BCUT2D eigenvalue weighted by Crippen LogP contribution is 2.43. The van der Waals surface area contributed by atoms with Crippen LogP contribution in [-0.4, -0.2) is 58.5 Å². The van der Waals surface area contributed by atoms with Crippen molar-refractivity contribution in [1.29, 1.82) is 0 Å². The Morgan fingerprint density at radius 3 is 2.23 bits per heavy atom. The summed E-state index contributed by atoms with van der Waals surface area (Å²) in [5, 5.41) is 10.0. The third-order valence-electron chi connectivity index (χ3n) is 6.97. The first-order valence-corrected chi connectivity index (χ1v) is 12.0. The first-order chi connectivity index (χ1) is 17.1. The average Bonchev–Trinajstić information content (AvgIpc) is 2.87. The van der Waals surface area contributed by atoms with Crippen LogP contribution in [0.2, 0.25) is 0 Å². The van der Waals surface area contributed by atoms with E-state index in [1.807, 2.05) is 72.8 Å². The lowest BCUT2D eigenvalue weighted by Crippen LogP contribution is -2.73. The molecule has 0 unspecified atom stereocenters. The highest BCUT2D eigenvalue weighted by Gasteiger charge is 2.54. The quantitative estimate of drug-likeness (QED) is 0.591. The van der Waals surface area contributed by atoms with Gasteiger partial charge >= 0.3 is 0 Å². The lowest BCUT2D eigenvalue weighted by atomic mass is 9.73. The predicted octanol–water partition coefficient (Wildman–Crippen LogP) is 3.02. The van der Waals surface area contributed by atoms with Crippen molar-refractivity contribution in [3.05, 3.63) is 107 Å². The Bertz CT molecular complexity index is 1250. The van der Waals surface area contributed by atoms with E-state index in [1.54, 1.807) is 9.80 Å². The molecule has 2 heterocycles. The SMILES string of the molecule is O=C(Cc1ccccc1)N1CC(=O)N2[C@@H](CO)[C@H](c3ccc(C#CCc4ccccc4)cc3)[C@@H]2C1. The summed E-state index contributed by atoms with van der Waals surface area (Å²) in [5.41, 5.74) is 4.12. The van der Waals surface area contributed by atoms with Gasteiger partial charge in [0, 0.05) is 24.4 Å². The molecule has 2 fully saturated rings. The van der Waals surface area contributed by atoms with Crippen molar-refractivity contribution in [2.24, 2.45) is 0 Å². The topological polar surface area (TPSA) is 60.9 Å². The molecule has 0 radical (unpaired) electrons. The fourth-order valence-corrected chi connectivity index (χ4v) is 5.20. The van der Waals surface area contributed by atoms with E-state index >= 15 is 0 Å². The molecule has 2 aliphatic rings. The molecule has 3 atom stereocenters. The maximum absolute atomic E-state index is 12.9. The number of piperazine rings is 1. The van der Waals surface area contributed by atoms with Gasteiger partial charge in [0.1, 0.15) is 0 Å². The second-order valence-corrected chi connectivity index (χ2v) is 9.17. The van der Waals surface area contributed by atoms with Gasteiger partial charge in [-0.3, -0.25) is 9.59 Å². The zero-order valence-corrected chi connectivity index (χ0v) is 19.5. The molecule has 3 aromatic rings. The fourth-order valence-electron chi connectivity index (χ4n) is 5.20. The van der Waals surface area contributed by atoms with Crippen LogP contribution in [0, 0.1) is 11.8 Å². The van der Waals surface area contributed by atoms with Gasteiger partial charge in [-0.15, -0.1) is 0 Å². The van der Waals surface area contributed by atoms with Crippen LogP contribution in [0.5, 0.6) is 0 Å². The van der Waals surface area contributed by atoms with Crippen LogP contribution in [-0.2, 0) is 22.4 Å². The molecule has 5 heteroatoms. The van der Waals surface area contributed by atoms with Crippen LogP contribution < -0.4 is 0 Å². The van der Waals surface area contributed by atoms with Crippen LogP contribution in [0.1, 0.15) is 28.2 Å². The van der Waals surface area contributed by atoms with Crippen molar-refractivity contribution in [2.75, 3.05) is 19.7 Å². The summed E-state index contributed by atoms with van der Waals surface area (Å²) in [4.78, 5) is 29.2. The number of benzene rings is 3. The second-order valence-electron chi connectivity index (χ2n) is 9.17. The van der Waals surface area contributed by atoms with Crippen molar-refractivity contribution < 1.29 is 14.7 Å². The van der Waals surface area contributed by atoms with E-state index in [-0.39, 0.29) is 49.4 Å². The number of aliphatic hydroxyl groups excluding tert-OH is 1. The minimum Gasteiger partial charge on any atom is -0.394 e. The molecule has 0 spiro atoms. The first-order valence-electron chi connectivity index (χ1n) is 12.0. The van der Waals surface area contributed by atoms with Crippen LogP contribution in [0.3, 0.4) is 0 Å². The van der Waals surface area contributed by atoms with Gasteiger partial charge in [-0.1, -0.05) is 84.6 Å². The molecule has 5 rings (SSSR count). The average molecular weight is 465 g/mol. The van der Waals surface area contributed by atoms with E-state index in [1.165, 1.54) is 5.56 Å². The van der Waals surface area contributed by atoms with E-state index in [4.69, 9.17) is 0 Å². The molecule has 35 heavy (non-hydrogen) atoms.